The third kappa shape index (κ3) is 3.76. The number of fused-ring (bicyclic) bond motifs is 1. The monoisotopic (exact) mass is 408 g/mol. The minimum atomic E-state index is -0.151. The zero-order valence-corrected chi connectivity index (χ0v) is 18.1. The van der Waals surface area contributed by atoms with Crippen molar-refractivity contribution in [2.75, 3.05) is 10.6 Å². The van der Waals surface area contributed by atoms with Gasteiger partial charge in [0.2, 0.25) is 0 Å². The molecular weight excluding hydrogens is 380 g/mol. The van der Waals surface area contributed by atoms with Gasteiger partial charge in [-0.1, -0.05) is 73.2 Å². The molecule has 1 heterocycles. The molecule has 1 aliphatic carbocycles. The van der Waals surface area contributed by atoms with Crippen LogP contribution in [0.1, 0.15) is 54.0 Å². The number of nitrogens with one attached hydrogen (secondary N) is 2. The molecule has 0 bridgehead atoms. The van der Waals surface area contributed by atoms with E-state index in [2.05, 4.69) is 85.1 Å². The quantitative estimate of drug-likeness (QED) is 0.517. The van der Waals surface area contributed by atoms with Crippen molar-refractivity contribution < 1.29 is 4.79 Å². The lowest BCUT2D eigenvalue weighted by Crippen LogP contribution is -2.26. The summed E-state index contributed by atoms with van der Waals surface area (Å²) >= 11 is 0. The number of aryl methyl sites for hydroxylation is 2. The number of allylic oxidation sites excluding steroid dienone is 1. The molecule has 3 aromatic carbocycles. The number of anilines is 2. The van der Waals surface area contributed by atoms with Crippen molar-refractivity contribution in [1.29, 1.82) is 0 Å². The normalized spacial score (nSPS) is 20.3. The fraction of sp³-hybridized carbons (Fsp3) is 0.250. The Morgan fingerprint density at radius 3 is 2.39 bits per heavy atom. The largest absolute Gasteiger partial charge is 0.372 e. The van der Waals surface area contributed by atoms with Crippen molar-refractivity contribution in [2.24, 2.45) is 0 Å². The number of ketones is 1. The Kier molecular flexibility index (Phi) is 5.11. The highest BCUT2D eigenvalue weighted by Crippen LogP contribution is 2.44. The van der Waals surface area contributed by atoms with E-state index in [9.17, 15) is 4.79 Å². The van der Waals surface area contributed by atoms with Gasteiger partial charge in [0.1, 0.15) is 0 Å². The fourth-order valence-electron chi connectivity index (χ4n) is 4.85. The third-order valence-corrected chi connectivity index (χ3v) is 6.54. The molecule has 3 heteroatoms. The number of rotatable bonds is 3. The highest BCUT2D eigenvalue weighted by Gasteiger charge is 2.36. The zero-order chi connectivity index (χ0) is 21.4. The molecule has 0 amide bonds. The second-order valence-electron chi connectivity index (χ2n) is 8.68. The van der Waals surface area contributed by atoms with Crippen molar-refractivity contribution in [3.8, 4) is 0 Å². The zero-order valence-electron chi connectivity index (χ0n) is 18.1. The van der Waals surface area contributed by atoms with Gasteiger partial charge in [0.25, 0.3) is 0 Å². The molecule has 31 heavy (non-hydrogen) atoms. The van der Waals surface area contributed by atoms with E-state index in [1.54, 1.807) is 0 Å². The first kappa shape index (κ1) is 19.6. The first-order valence-electron chi connectivity index (χ1n) is 11.2. The number of carbonyl (C=O) groups is 1. The minimum absolute atomic E-state index is 0.151. The van der Waals surface area contributed by atoms with Gasteiger partial charge in [0.15, 0.2) is 5.78 Å². The van der Waals surface area contributed by atoms with Crippen LogP contribution in [0.15, 0.2) is 84.1 Å². The average molecular weight is 409 g/mol. The van der Waals surface area contributed by atoms with Gasteiger partial charge in [-0.3, -0.25) is 4.79 Å². The van der Waals surface area contributed by atoms with Gasteiger partial charge < -0.3 is 10.6 Å². The van der Waals surface area contributed by atoms with E-state index in [4.69, 9.17) is 0 Å². The van der Waals surface area contributed by atoms with Gasteiger partial charge in [-0.2, -0.15) is 0 Å². The van der Waals surface area contributed by atoms with Gasteiger partial charge in [0.05, 0.1) is 17.4 Å². The summed E-state index contributed by atoms with van der Waals surface area (Å²) in [6.07, 6.45) is 2.42. The Bertz CT molecular complexity index is 1160. The molecule has 0 aromatic heterocycles. The summed E-state index contributed by atoms with van der Waals surface area (Å²) in [5.41, 5.74) is 8.88. The molecule has 3 aromatic rings. The van der Waals surface area contributed by atoms with Crippen LogP contribution in [0, 0.1) is 6.92 Å². The van der Waals surface area contributed by atoms with E-state index in [1.807, 2.05) is 12.1 Å². The molecule has 2 N–H and O–H groups in total. The maximum absolute atomic E-state index is 13.6. The third-order valence-electron chi connectivity index (χ3n) is 6.54. The number of hydrogen-bond donors (Lipinski definition) is 2. The van der Waals surface area contributed by atoms with E-state index in [0.29, 0.717) is 6.42 Å². The van der Waals surface area contributed by atoms with Crippen LogP contribution in [0.25, 0.3) is 0 Å². The fourth-order valence-corrected chi connectivity index (χ4v) is 4.85. The van der Waals surface area contributed by atoms with Crippen molar-refractivity contribution in [2.45, 2.75) is 45.1 Å². The standard InChI is InChI=1S/C28H28N2O/c1-3-19-11-13-20(14-12-19)22-16-25-27(26(31)17-22)28(21-8-6-7-18(2)15-21)30-24-10-5-4-9-23(24)29-25/h4-15,22,28-30H,3,16-17H2,1-2H3. The highest BCUT2D eigenvalue weighted by atomic mass is 16.1. The molecule has 3 nitrogen and oxygen atoms in total. The van der Waals surface area contributed by atoms with Crippen LogP contribution in [-0.2, 0) is 11.2 Å². The molecule has 2 aliphatic rings. The van der Waals surface area contributed by atoms with Gasteiger partial charge in [0, 0.05) is 17.7 Å². The lowest BCUT2D eigenvalue weighted by atomic mass is 9.78. The van der Waals surface area contributed by atoms with E-state index < -0.39 is 0 Å². The molecule has 0 saturated heterocycles. The van der Waals surface area contributed by atoms with Crippen LogP contribution in [0.4, 0.5) is 11.4 Å². The second kappa shape index (κ2) is 8.07. The van der Waals surface area contributed by atoms with Crippen LogP contribution in [0.2, 0.25) is 0 Å². The van der Waals surface area contributed by atoms with Crippen molar-refractivity contribution in [3.63, 3.8) is 0 Å². The van der Waals surface area contributed by atoms with Crippen LogP contribution in [-0.4, -0.2) is 5.78 Å². The molecule has 0 radical (unpaired) electrons. The Morgan fingerprint density at radius 2 is 1.65 bits per heavy atom. The van der Waals surface area contributed by atoms with E-state index in [0.717, 1.165) is 41.1 Å². The van der Waals surface area contributed by atoms with Crippen LogP contribution < -0.4 is 10.6 Å². The topological polar surface area (TPSA) is 41.1 Å². The van der Waals surface area contributed by atoms with Gasteiger partial charge in [-0.15, -0.1) is 0 Å². The minimum Gasteiger partial charge on any atom is -0.372 e. The predicted octanol–water partition coefficient (Wildman–Crippen LogP) is 6.54. The molecule has 2 atom stereocenters. The summed E-state index contributed by atoms with van der Waals surface area (Å²) in [5, 5.41) is 7.29. The molecular formula is C28H28N2O. The molecule has 0 spiro atoms. The Hall–Kier alpha value is -3.33. The van der Waals surface area contributed by atoms with E-state index in [-0.39, 0.29) is 17.7 Å². The van der Waals surface area contributed by atoms with Crippen LogP contribution in [0.5, 0.6) is 0 Å². The Balaban J connectivity index is 1.58. The summed E-state index contributed by atoms with van der Waals surface area (Å²) in [5.74, 6) is 0.429. The number of hydrogen-bond acceptors (Lipinski definition) is 3. The molecule has 156 valence electrons. The summed E-state index contributed by atoms with van der Waals surface area (Å²) in [6.45, 7) is 4.27. The first-order valence-corrected chi connectivity index (χ1v) is 11.2. The molecule has 0 saturated carbocycles. The van der Waals surface area contributed by atoms with Crippen molar-refractivity contribution in [3.05, 3.63) is 106 Å². The molecule has 1 aliphatic heterocycles. The van der Waals surface area contributed by atoms with E-state index >= 15 is 0 Å². The maximum Gasteiger partial charge on any atom is 0.163 e. The number of benzene rings is 3. The number of para-hydroxylation sites is 2. The number of carbonyl (C=O) groups excluding carboxylic acids is 1. The lowest BCUT2D eigenvalue weighted by molar-refractivity contribution is -0.116. The molecule has 5 rings (SSSR count). The average Bonchev–Trinajstić information content (AvgIpc) is 2.96. The first-order chi connectivity index (χ1) is 15.1. The SMILES string of the molecule is CCc1ccc(C2CC(=O)C3=C(C2)Nc2ccccc2NC3c2cccc(C)c2)cc1. The second-order valence-corrected chi connectivity index (χ2v) is 8.68. The van der Waals surface area contributed by atoms with Crippen molar-refractivity contribution in [1.82, 2.24) is 0 Å². The summed E-state index contributed by atoms with van der Waals surface area (Å²) in [7, 11) is 0. The van der Waals surface area contributed by atoms with Gasteiger partial charge >= 0.3 is 0 Å². The molecule has 0 fully saturated rings. The Labute approximate surface area is 184 Å². The van der Waals surface area contributed by atoms with Crippen molar-refractivity contribution >= 4 is 17.2 Å². The Morgan fingerprint density at radius 1 is 0.871 bits per heavy atom. The molecule has 2 unspecified atom stereocenters. The smallest absolute Gasteiger partial charge is 0.163 e. The van der Waals surface area contributed by atoms with E-state index in [1.165, 1.54) is 16.7 Å². The lowest BCUT2D eigenvalue weighted by Gasteiger charge is -2.30. The highest BCUT2D eigenvalue weighted by molar-refractivity contribution is 6.01. The van der Waals surface area contributed by atoms with Crippen LogP contribution in [0.3, 0.4) is 0 Å². The van der Waals surface area contributed by atoms with Gasteiger partial charge in [-0.25, -0.2) is 0 Å². The summed E-state index contributed by atoms with van der Waals surface area (Å²) in [4.78, 5) is 13.6. The van der Waals surface area contributed by atoms with Gasteiger partial charge in [-0.05, 0) is 54.5 Å². The maximum atomic E-state index is 13.6. The summed E-state index contributed by atoms with van der Waals surface area (Å²) in [6, 6.07) is 25.3. The van der Waals surface area contributed by atoms with Crippen LogP contribution >= 0.6 is 0 Å². The summed E-state index contributed by atoms with van der Waals surface area (Å²) < 4.78 is 0. The predicted molar refractivity (Wildman–Crippen MR) is 127 cm³/mol. The number of Topliss-reactive ketones (excluding diaryl/α,β-unsaturated/α-hetero) is 1.